The Morgan fingerprint density at radius 1 is 1.00 bits per heavy atom. The van der Waals surface area contributed by atoms with Crippen molar-refractivity contribution in [1.82, 2.24) is 4.90 Å². The number of hydrogen-bond acceptors (Lipinski definition) is 2. The highest BCUT2D eigenvalue weighted by Gasteiger charge is 2.29. The fourth-order valence-electron chi connectivity index (χ4n) is 2.84. The van der Waals surface area contributed by atoms with Crippen LogP contribution in [0.5, 0.6) is 0 Å². The quantitative estimate of drug-likeness (QED) is 0.863. The number of rotatable bonds is 3. The molecule has 3 heteroatoms. The Morgan fingerprint density at radius 3 is 2.29 bits per heavy atom. The molecule has 0 radical (unpaired) electrons. The largest absolute Gasteiger partial charge is 0.358 e. The SMILES string of the molecule is CC1CN(Cc2ccccc2)C(=O)CN1c1ccccc1. The number of nitrogens with zero attached hydrogens (tertiary/aromatic N) is 2. The second-order valence-electron chi connectivity index (χ2n) is 5.57. The molecule has 2 aromatic rings. The van der Waals surface area contributed by atoms with Crippen molar-refractivity contribution in [2.24, 2.45) is 0 Å². The Bertz CT molecular complexity index is 597. The zero-order valence-electron chi connectivity index (χ0n) is 12.3. The standard InChI is InChI=1S/C18H20N2O/c1-15-12-19(13-16-8-4-2-5-9-16)18(21)14-20(15)17-10-6-3-7-11-17/h2-11,15H,12-14H2,1H3. The number of anilines is 1. The van der Waals surface area contributed by atoms with E-state index in [9.17, 15) is 4.79 Å². The first-order chi connectivity index (χ1) is 10.2. The number of amides is 1. The molecule has 1 aliphatic heterocycles. The number of para-hydroxylation sites is 1. The minimum absolute atomic E-state index is 0.195. The molecule has 2 aromatic carbocycles. The van der Waals surface area contributed by atoms with Crippen molar-refractivity contribution in [3.63, 3.8) is 0 Å². The third kappa shape index (κ3) is 3.07. The van der Waals surface area contributed by atoms with Crippen molar-refractivity contribution in [3.05, 3.63) is 66.2 Å². The van der Waals surface area contributed by atoms with Crippen LogP contribution in [0.1, 0.15) is 12.5 Å². The third-order valence-electron chi connectivity index (χ3n) is 3.98. The Hall–Kier alpha value is -2.29. The fraction of sp³-hybridized carbons (Fsp3) is 0.278. The van der Waals surface area contributed by atoms with E-state index >= 15 is 0 Å². The highest BCUT2D eigenvalue weighted by atomic mass is 16.2. The average Bonchev–Trinajstić information content (AvgIpc) is 2.52. The van der Waals surface area contributed by atoms with E-state index in [0.717, 1.165) is 12.2 Å². The van der Waals surface area contributed by atoms with Gasteiger partial charge in [0.15, 0.2) is 0 Å². The first kappa shape index (κ1) is 13.7. The van der Waals surface area contributed by atoms with Gasteiger partial charge in [-0.05, 0) is 24.6 Å². The van der Waals surface area contributed by atoms with Crippen LogP contribution in [0, 0.1) is 0 Å². The van der Waals surface area contributed by atoms with Gasteiger partial charge in [-0.3, -0.25) is 4.79 Å². The van der Waals surface area contributed by atoms with Gasteiger partial charge in [-0.15, -0.1) is 0 Å². The van der Waals surface area contributed by atoms with Gasteiger partial charge in [-0.2, -0.15) is 0 Å². The molecule has 0 N–H and O–H groups in total. The summed E-state index contributed by atoms with van der Waals surface area (Å²) in [4.78, 5) is 16.6. The molecule has 0 aromatic heterocycles. The van der Waals surface area contributed by atoms with Crippen LogP contribution in [-0.4, -0.2) is 29.9 Å². The van der Waals surface area contributed by atoms with Crippen molar-refractivity contribution < 1.29 is 4.79 Å². The minimum atomic E-state index is 0.195. The summed E-state index contributed by atoms with van der Waals surface area (Å²) >= 11 is 0. The normalized spacial score (nSPS) is 18.9. The molecule has 0 aliphatic carbocycles. The van der Waals surface area contributed by atoms with Crippen LogP contribution < -0.4 is 4.90 Å². The lowest BCUT2D eigenvalue weighted by atomic mass is 10.1. The zero-order chi connectivity index (χ0) is 14.7. The summed E-state index contributed by atoms with van der Waals surface area (Å²) < 4.78 is 0. The molecule has 1 fully saturated rings. The first-order valence-electron chi connectivity index (χ1n) is 7.37. The highest BCUT2D eigenvalue weighted by Crippen LogP contribution is 2.21. The van der Waals surface area contributed by atoms with Gasteiger partial charge in [0.25, 0.3) is 0 Å². The second kappa shape index (κ2) is 6.00. The molecule has 3 rings (SSSR count). The lowest BCUT2D eigenvalue weighted by molar-refractivity contribution is -0.132. The molecule has 1 amide bonds. The van der Waals surface area contributed by atoms with Gasteiger partial charge in [0.05, 0.1) is 6.54 Å². The van der Waals surface area contributed by atoms with Gasteiger partial charge in [-0.1, -0.05) is 48.5 Å². The summed E-state index contributed by atoms with van der Waals surface area (Å²) in [5, 5.41) is 0. The molecule has 0 saturated carbocycles. The third-order valence-corrected chi connectivity index (χ3v) is 3.98. The van der Waals surface area contributed by atoms with E-state index in [4.69, 9.17) is 0 Å². The van der Waals surface area contributed by atoms with E-state index in [2.05, 4.69) is 36.1 Å². The van der Waals surface area contributed by atoms with Gasteiger partial charge < -0.3 is 9.80 Å². The van der Waals surface area contributed by atoms with E-state index < -0.39 is 0 Å². The van der Waals surface area contributed by atoms with E-state index in [-0.39, 0.29) is 5.91 Å². The lowest BCUT2D eigenvalue weighted by Crippen LogP contribution is -2.54. The fourth-order valence-corrected chi connectivity index (χ4v) is 2.84. The van der Waals surface area contributed by atoms with Crippen LogP contribution in [0.15, 0.2) is 60.7 Å². The molecule has 1 heterocycles. The highest BCUT2D eigenvalue weighted by molar-refractivity contribution is 5.83. The Balaban J connectivity index is 1.71. The maximum atomic E-state index is 12.4. The molecule has 1 unspecified atom stereocenters. The minimum Gasteiger partial charge on any atom is -0.358 e. The van der Waals surface area contributed by atoms with E-state index in [1.807, 2.05) is 41.3 Å². The number of hydrogen-bond donors (Lipinski definition) is 0. The first-order valence-corrected chi connectivity index (χ1v) is 7.37. The maximum absolute atomic E-state index is 12.4. The van der Waals surface area contributed by atoms with Crippen molar-refractivity contribution in [1.29, 1.82) is 0 Å². The molecular formula is C18H20N2O. The molecule has 3 nitrogen and oxygen atoms in total. The molecule has 1 atom stereocenters. The van der Waals surface area contributed by atoms with Crippen LogP contribution in [0.3, 0.4) is 0 Å². The lowest BCUT2D eigenvalue weighted by Gasteiger charge is -2.40. The summed E-state index contributed by atoms with van der Waals surface area (Å²) in [7, 11) is 0. The van der Waals surface area contributed by atoms with Crippen LogP contribution in [0.4, 0.5) is 5.69 Å². The molecule has 0 spiro atoms. The molecule has 0 bridgehead atoms. The number of benzene rings is 2. The summed E-state index contributed by atoms with van der Waals surface area (Å²) in [6, 6.07) is 20.7. The van der Waals surface area contributed by atoms with Crippen molar-refractivity contribution in [2.75, 3.05) is 18.0 Å². The predicted molar refractivity (Wildman–Crippen MR) is 85.1 cm³/mol. The molecule has 21 heavy (non-hydrogen) atoms. The van der Waals surface area contributed by atoms with Crippen molar-refractivity contribution in [2.45, 2.75) is 19.5 Å². The summed E-state index contributed by atoms with van der Waals surface area (Å²) in [6.45, 7) is 4.10. The Morgan fingerprint density at radius 2 is 1.62 bits per heavy atom. The molecular weight excluding hydrogens is 260 g/mol. The second-order valence-corrected chi connectivity index (χ2v) is 5.57. The monoisotopic (exact) mass is 280 g/mol. The zero-order valence-corrected chi connectivity index (χ0v) is 12.3. The Labute approximate surface area is 125 Å². The van der Waals surface area contributed by atoms with Gasteiger partial charge in [-0.25, -0.2) is 0 Å². The van der Waals surface area contributed by atoms with E-state index in [1.54, 1.807) is 0 Å². The summed E-state index contributed by atoms with van der Waals surface area (Å²) in [5.41, 5.74) is 2.31. The summed E-state index contributed by atoms with van der Waals surface area (Å²) in [6.07, 6.45) is 0. The topological polar surface area (TPSA) is 23.6 Å². The smallest absolute Gasteiger partial charge is 0.242 e. The number of carbonyl (C=O) groups is 1. The number of carbonyl (C=O) groups excluding carboxylic acids is 1. The van der Waals surface area contributed by atoms with Gasteiger partial charge >= 0.3 is 0 Å². The van der Waals surface area contributed by atoms with Gasteiger partial charge in [0.2, 0.25) is 5.91 Å². The molecule has 1 aliphatic rings. The van der Waals surface area contributed by atoms with Crippen molar-refractivity contribution in [3.8, 4) is 0 Å². The summed E-state index contributed by atoms with van der Waals surface area (Å²) in [5.74, 6) is 0.195. The molecule has 1 saturated heterocycles. The van der Waals surface area contributed by atoms with Crippen molar-refractivity contribution >= 4 is 11.6 Å². The Kier molecular flexibility index (Phi) is 3.91. The molecule has 108 valence electrons. The van der Waals surface area contributed by atoms with Crippen LogP contribution >= 0.6 is 0 Å². The van der Waals surface area contributed by atoms with Crippen LogP contribution in [0.25, 0.3) is 0 Å². The maximum Gasteiger partial charge on any atom is 0.242 e. The number of piperazine rings is 1. The van der Waals surface area contributed by atoms with E-state index in [0.29, 0.717) is 19.1 Å². The average molecular weight is 280 g/mol. The van der Waals surface area contributed by atoms with Crippen LogP contribution in [-0.2, 0) is 11.3 Å². The van der Waals surface area contributed by atoms with Gasteiger partial charge in [0.1, 0.15) is 0 Å². The predicted octanol–water partition coefficient (Wildman–Crippen LogP) is 2.92. The van der Waals surface area contributed by atoms with Crippen LogP contribution in [0.2, 0.25) is 0 Å². The van der Waals surface area contributed by atoms with E-state index in [1.165, 1.54) is 5.56 Å². The van der Waals surface area contributed by atoms with Gasteiger partial charge in [0, 0.05) is 24.8 Å².